The molecule has 1 N–H and O–H groups in total. The zero-order valence-corrected chi connectivity index (χ0v) is 22.4. The van der Waals surface area contributed by atoms with E-state index in [1.54, 1.807) is 18.9 Å². The van der Waals surface area contributed by atoms with Crippen LogP contribution in [0.25, 0.3) is 10.9 Å². The largest absolute Gasteiger partial charge is 0.497 e. The van der Waals surface area contributed by atoms with Gasteiger partial charge in [0.2, 0.25) is 0 Å². The molecule has 2 atom stereocenters. The van der Waals surface area contributed by atoms with Crippen LogP contribution >= 0.6 is 23.4 Å². The molecule has 2 aromatic carbocycles. The summed E-state index contributed by atoms with van der Waals surface area (Å²) in [7, 11) is 1.69. The number of pyridine rings is 1. The fourth-order valence-corrected chi connectivity index (χ4v) is 6.55. The third-order valence-corrected chi connectivity index (χ3v) is 8.76. The molecular weight excluding hydrogens is 492 g/mol. The van der Waals surface area contributed by atoms with Gasteiger partial charge in [-0.3, -0.25) is 9.78 Å². The molecular formula is C29H35ClN2O3S. The predicted octanol–water partition coefficient (Wildman–Crippen LogP) is 6.81. The highest BCUT2D eigenvalue weighted by Crippen LogP contribution is 2.33. The Labute approximate surface area is 223 Å². The van der Waals surface area contributed by atoms with E-state index in [0.717, 1.165) is 84.1 Å². The zero-order valence-electron chi connectivity index (χ0n) is 20.9. The van der Waals surface area contributed by atoms with Crippen LogP contribution in [0.5, 0.6) is 5.75 Å². The van der Waals surface area contributed by atoms with Crippen molar-refractivity contribution < 1.29 is 14.6 Å². The topological polar surface area (TPSA) is 62.7 Å². The van der Waals surface area contributed by atoms with Crippen molar-refractivity contribution in [2.45, 2.75) is 43.4 Å². The van der Waals surface area contributed by atoms with Gasteiger partial charge in [-0.25, -0.2) is 0 Å². The molecule has 0 saturated carbocycles. The quantitative estimate of drug-likeness (QED) is 0.261. The number of hydrogen-bond donors (Lipinski definition) is 1. The lowest BCUT2D eigenvalue weighted by molar-refractivity contribution is -0.137. The van der Waals surface area contributed by atoms with E-state index in [9.17, 15) is 9.90 Å². The van der Waals surface area contributed by atoms with Crippen molar-refractivity contribution >= 4 is 40.2 Å². The highest BCUT2D eigenvalue weighted by Gasteiger charge is 2.29. The van der Waals surface area contributed by atoms with Crippen molar-refractivity contribution in [1.29, 1.82) is 0 Å². The minimum atomic E-state index is -0.697. The van der Waals surface area contributed by atoms with Gasteiger partial charge < -0.3 is 14.7 Å². The number of rotatable bonds is 12. The second-order valence-corrected chi connectivity index (χ2v) is 11.1. The number of halogens is 1. The standard InChI is InChI=1S/C29H35ClN2O3S/c1-35-24-10-11-27-25(19-24)22(13-15-31-27)6-4-5-21-14-16-32(20-23(21)9-12-29(33)34)17-18-36-28-8-3-2-7-26(28)30/h2-3,7-8,10-11,13,15,19,21,23H,4-6,9,12,14,16-18,20H2,1H3,(H,33,34)/t21-,23+/m1/s1. The number of likely N-dealkylation sites (tertiary alicyclic amines) is 1. The van der Waals surface area contributed by atoms with Crippen LogP contribution in [0.3, 0.4) is 0 Å². The van der Waals surface area contributed by atoms with Crippen molar-refractivity contribution in [2.75, 3.05) is 32.5 Å². The van der Waals surface area contributed by atoms with E-state index < -0.39 is 5.97 Å². The SMILES string of the molecule is COc1ccc2nccc(CCC[C@@H]3CCN(CCSc4ccccc4Cl)C[C@@H]3CCC(=O)O)c2c1. The van der Waals surface area contributed by atoms with Crippen LogP contribution in [-0.4, -0.2) is 53.5 Å². The number of carboxylic acids is 1. The predicted molar refractivity (Wildman–Crippen MR) is 148 cm³/mol. The summed E-state index contributed by atoms with van der Waals surface area (Å²) in [6.45, 7) is 3.06. The molecule has 36 heavy (non-hydrogen) atoms. The number of aliphatic carboxylic acids is 1. The molecule has 7 heteroatoms. The molecule has 1 fully saturated rings. The Bertz CT molecular complexity index is 1160. The number of piperidine rings is 1. The summed E-state index contributed by atoms with van der Waals surface area (Å²) in [4.78, 5) is 19.5. The Morgan fingerprint density at radius 2 is 2.06 bits per heavy atom. The van der Waals surface area contributed by atoms with Crippen molar-refractivity contribution in [3.05, 3.63) is 65.3 Å². The van der Waals surface area contributed by atoms with E-state index in [4.69, 9.17) is 16.3 Å². The lowest BCUT2D eigenvalue weighted by atomic mass is 9.79. The van der Waals surface area contributed by atoms with Crippen LogP contribution in [0.15, 0.2) is 59.6 Å². The second-order valence-electron chi connectivity index (χ2n) is 9.57. The first-order chi connectivity index (χ1) is 17.5. The van der Waals surface area contributed by atoms with Gasteiger partial charge in [-0.2, -0.15) is 0 Å². The number of carboxylic acid groups (broad SMARTS) is 1. The molecule has 1 aromatic heterocycles. The number of hydrogen-bond acceptors (Lipinski definition) is 5. The molecule has 0 amide bonds. The van der Waals surface area contributed by atoms with Gasteiger partial charge in [-0.1, -0.05) is 23.7 Å². The van der Waals surface area contributed by atoms with E-state index in [1.807, 2.05) is 36.5 Å². The summed E-state index contributed by atoms with van der Waals surface area (Å²) in [5.74, 6) is 2.13. The lowest BCUT2D eigenvalue weighted by Crippen LogP contribution is -2.41. The number of aromatic nitrogens is 1. The smallest absolute Gasteiger partial charge is 0.303 e. The summed E-state index contributed by atoms with van der Waals surface area (Å²) < 4.78 is 5.42. The molecule has 1 saturated heterocycles. The first-order valence-corrected chi connectivity index (χ1v) is 14.1. The Morgan fingerprint density at radius 1 is 1.19 bits per heavy atom. The average molecular weight is 527 g/mol. The fourth-order valence-electron chi connectivity index (χ4n) is 5.30. The number of nitrogens with zero attached hydrogens (tertiary/aromatic N) is 2. The van der Waals surface area contributed by atoms with Gasteiger partial charge >= 0.3 is 5.97 Å². The molecule has 1 aliphatic heterocycles. The number of benzene rings is 2. The molecule has 2 heterocycles. The summed E-state index contributed by atoms with van der Waals surface area (Å²) >= 11 is 8.09. The Balaban J connectivity index is 1.32. The van der Waals surface area contributed by atoms with E-state index >= 15 is 0 Å². The van der Waals surface area contributed by atoms with Crippen LogP contribution in [0, 0.1) is 11.8 Å². The lowest BCUT2D eigenvalue weighted by Gasteiger charge is -2.39. The molecule has 0 unspecified atom stereocenters. The highest BCUT2D eigenvalue weighted by molar-refractivity contribution is 7.99. The number of carbonyl (C=O) groups is 1. The van der Waals surface area contributed by atoms with Crippen molar-refractivity contribution in [1.82, 2.24) is 9.88 Å². The van der Waals surface area contributed by atoms with Crippen LogP contribution in [-0.2, 0) is 11.2 Å². The average Bonchev–Trinajstić information content (AvgIpc) is 2.89. The van der Waals surface area contributed by atoms with Crippen LogP contribution < -0.4 is 4.74 Å². The minimum absolute atomic E-state index is 0.248. The molecule has 0 radical (unpaired) electrons. The normalized spacial score (nSPS) is 18.4. The third-order valence-electron chi connectivity index (χ3n) is 7.27. The van der Waals surface area contributed by atoms with Gasteiger partial charge in [-0.15, -0.1) is 11.8 Å². The van der Waals surface area contributed by atoms with E-state index in [1.165, 1.54) is 5.56 Å². The van der Waals surface area contributed by atoms with Gasteiger partial charge in [0, 0.05) is 41.7 Å². The fraction of sp³-hybridized carbons (Fsp3) is 0.448. The molecule has 0 bridgehead atoms. The molecule has 192 valence electrons. The number of aryl methyl sites for hydroxylation is 1. The maximum atomic E-state index is 11.3. The minimum Gasteiger partial charge on any atom is -0.497 e. The highest BCUT2D eigenvalue weighted by atomic mass is 35.5. The first-order valence-electron chi connectivity index (χ1n) is 12.8. The maximum absolute atomic E-state index is 11.3. The Morgan fingerprint density at radius 3 is 2.86 bits per heavy atom. The van der Waals surface area contributed by atoms with Gasteiger partial charge in [0.15, 0.2) is 0 Å². The summed E-state index contributed by atoms with van der Waals surface area (Å²) in [5.41, 5.74) is 2.30. The number of fused-ring (bicyclic) bond motifs is 1. The van der Waals surface area contributed by atoms with Crippen molar-refractivity contribution in [2.24, 2.45) is 11.8 Å². The number of methoxy groups -OCH3 is 1. The van der Waals surface area contributed by atoms with E-state index in [-0.39, 0.29) is 6.42 Å². The van der Waals surface area contributed by atoms with Gasteiger partial charge in [0.05, 0.1) is 17.6 Å². The Kier molecular flexibility index (Phi) is 9.90. The Hall–Kier alpha value is -2.28. The van der Waals surface area contributed by atoms with Crippen LogP contribution in [0.2, 0.25) is 5.02 Å². The molecule has 1 aliphatic rings. The van der Waals surface area contributed by atoms with Gasteiger partial charge in [-0.05, 0) is 92.4 Å². The van der Waals surface area contributed by atoms with Gasteiger partial charge in [0.25, 0.3) is 0 Å². The van der Waals surface area contributed by atoms with Crippen LogP contribution in [0.4, 0.5) is 0 Å². The van der Waals surface area contributed by atoms with Gasteiger partial charge in [0.1, 0.15) is 5.75 Å². The molecule has 5 nitrogen and oxygen atoms in total. The second kappa shape index (κ2) is 13.3. The monoisotopic (exact) mass is 526 g/mol. The van der Waals surface area contributed by atoms with Crippen LogP contribution in [0.1, 0.15) is 37.7 Å². The number of thioether (sulfide) groups is 1. The molecule has 4 rings (SSSR count). The summed E-state index contributed by atoms with van der Waals surface area (Å²) in [6.07, 6.45) is 7.23. The molecule has 3 aromatic rings. The van der Waals surface area contributed by atoms with E-state index in [0.29, 0.717) is 11.8 Å². The zero-order chi connectivity index (χ0) is 25.3. The first kappa shape index (κ1) is 26.8. The maximum Gasteiger partial charge on any atom is 0.303 e. The third kappa shape index (κ3) is 7.37. The summed E-state index contributed by atoms with van der Waals surface area (Å²) in [5, 5.41) is 11.3. The molecule has 0 spiro atoms. The summed E-state index contributed by atoms with van der Waals surface area (Å²) in [6, 6.07) is 16.1. The van der Waals surface area contributed by atoms with E-state index in [2.05, 4.69) is 28.1 Å². The molecule has 0 aliphatic carbocycles. The number of ether oxygens (including phenoxy) is 1. The van der Waals surface area contributed by atoms with Crippen molar-refractivity contribution in [3.63, 3.8) is 0 Å². The van der Waals surface area contributed by atoms with Crippen molar-refractivity contribution in [3.8, 4) is 5.75 Å².